The Morgan fingerprint density at radius 3 is 2.73 bits per heavy atom. The summed E-state index contributed by atoms with van der Waals surface area (Å²) in [6.45, 7) is 0.475. The number of aromatic nitrogens is 3. The van der Waals surface area contributed by atoms with Gasteiger partial charge in [0.15, 0.2) is 28.3 Å². The molecule has 7 N–H and O–H groups in total. The molecule has 1 saturated heterocycles. The molecule has 3 unspecified atom stereocenters. The van der Waals surface area contributed by atoms with Crippen LogP contribution in [0.4, 0.5) is 5.13 Å². The van der Waals surface area contributed by atoms with Gasteiger partial charge in [-0.05, 0) is 35.9 Å². The quantitative estimate of drug-likeness (QED) is 0.0431. The molecule has 0 saturated carbocycles. The molecule has 3 aromatic heterocycles. The average molecular weight is 693 g/mol. The fourth-order valence-electron chi connectivity index (χ4n) is 5.29. The van der Waals surface area contributed by atoms with Gasteiger partial charge in [-0.2, -0.15) is 0 Å². The maximum absolute atomic E-state index is 13.1. The van der Waals surface area contributed by atoms with Gasteiger partial charge in [0.25, 0.3) is 11.8 Å². The number of phenolic OH excluding ortho intramolecular Hbond substituents is 1. The Bertz CT molecular complexity index is 2020. The molecule has 6 rings (SSSR count). The zero-order valence-electron chi connectivity index (χ0n) is 24.5. The van der Waals surface area contributed by atoms with E-state index in [1.807, 2.05) is 52.0 Å². The summed E-state index contributed by atoms with van der Waals surface area (Å²) in [6.07, 6.45) is 8.62. The fourth-order valence-corrected chi connectivity index (χ4v) is 7.19. The smallest absolute Gasteiger partial charge is 0.352 e. The minimum Gasteiger partial charge on any atom is -0.504 e. The molecule has 0 bridgehead atoms. The number of carbonyl (C=O) groups excluding carboxylic acids is 2. The molecule has 2 aliphatic rings. The van der Waals surface area contributed by atoms with Gasteiger partial charge in [0, 0.05) is 16.7 Å². The average Bonchev–Trinajstić information content (AvgIpc) is 3.68. The van der Waals surface area contributed by atoms with Gasteiger partial charge in [0.2, 0.25) is 6.33 Å². The third kappa shape index (κ3) is 6.13. The first-order chi connectivity index (χ1) is 23.0. The van der Waals surface area contributed by atoms with E-state index in [4.69, 9.17) is 10.6 Å². The standard InChI is InChI=1S/C30H25N7O9S2/c31-30-33-18(13-48-30)25(17-6-7-19(38)24(40)21(17)28(42)43)46-32-10-20(39)34-22-26(41)37-23(29(44)45)15(12-47-27(22)37)4-3-8-35-11-16-5-1-2-9-36(16)14-35/h1-7,9-11,13-14,22,25,27H,8,12H2,(H6-,31,32,33,34,38,39,40,42,43,44,45)/p+1/b4-3+. The number of nitrogens with one attached hydrogen (secondary N) is 1. The first-order valence-electron chi connectivity index (χ1n) is 14.1. The number of amides is 2. The van der Waals surface area contributed by atoms with Crippen molar-refractivity contribution in [3.05, 3.63) is 94.7 Å². The topological polar surface area (TPSA) is 233 Å². The van der Waals surface area contributed by atoms with Crippen LogP contribution in [0.15, 0.2) is 83.0 Å². The predicted molar refractivity (Wildman–Crippen MR) is 171 cm³/mol. The molecule has 4 aromatic rings. The molecule has 3 atom stereocenters. The summed E-state index contributed by atoms with van der Waals surface area (Å²) >= 11 is 2.32. The number of oxime groups is 1. The number of benzene rings is 1. The Balaban J connectivity index is 1.13. The number of carboxylic acid groups (broad SMARTS) is 2. The van der Waals surface area contributed by atoms with Crippen LogP contribution >= 0.6 is 23.1 Å². The molecule has 2 aliphatic heterocycles. The summed E-state index contributed by atoms with van der Waals surface area (Å²) in [5, 5.41) is 46.7. The summed E-state index contributed by atoms with van der Waals surface area (Å²) in [5.41, 5.74) is 6.32. The number of hydrogen-bond donors (Lipinski definition) is 6. The highest BCUT2D eigenvalue weighted by molar-refractivity contribution is 8.00. The van der Waals surface area contributed by atoms with Crippen molar-refractivity contribution in [1.82, 2.24) is 19.6 Å². The maximum atomic E-state index is 13.1. The number of thioether (sulfide) groups is 1. The van der Waals surface area contributed by atoms with E-state index in [2.05, 4.69) is 15.5 Å². The number of allylic oxidation sites excluding steroid dienone is 2. The minimum absolute atomic E-state index is 0.115. The van der Waals surface area contributed by atoms with Gasteiger partial charge in [0.05, 0.1) is 6.20 Å². The maximum Gasteiger partial charge on any atom is 0.352 e. The van der Waals surface area contributed by atoms with Gasteiger partial charge in [-0.1, -0.05) is 17.3 Å². The number of imidazole rings is 1. The molecule has 246 valence electrons. The van der Waals surface area contributed by atoms with Crippen molar-refractivity contribution in [3.63, 3.8) is 0 Å². The first kappa shape index (κ1) is 32.1. The Kier molecular flexibility index (Phi) is 8.74. The Morgan fingerprint density at radius 2 is 2.02 bits per heavy atom. The Hall–Kier alpha value is -5.88. The minimum atomic E-state index is -1.57. The van der Waals surface area contributed by atoms with Gasteiger partial charge in [-0.15, -0.1) is 23.1 Å². The fraction of sp³-hybridized carbons (Fsp3) is 0.167. The molecular weight excluding hydrogens is 667 g/mol. The van der Waals surface area contributed by atoms with Crippen molar-refractivity contribution < 1.29 is 49.0 Å². The van der Waals surface area contributed by atoms with Crippen molar-refractivity contribution in [2.24, 2.45) is 5.16 Å². The molecule has 1 fully saturated rings. The summed E-state index contributed by atoms with van der Waals surface area (Å²) in [6, 6.07) is 7.00. The van der Waals surface area contributed by atoms with Crippen molar-refractivity contribution in [2.75, 3.05) is 11.5 Å². The van der Waals surface area contributed by atoms with Crippen LogP contribution in [-0.2, 0) is 25.8 Å². The van der Waals surface area contributed by atoms with E-state index in [0.717, 1.165) is 34.0 Å². The molecule has 2 amide bonds. The summed E-state index contributed by atoms with van der Waals surface area (Å²) in [4.78, 5) is 60.6. The molecule has 48 heavy (non-hydrogen) atoms. The van der Waals surface area contributed by atoms with Gasteiger partial charge in [-0.3, -0.25) is 14.5 Å². The van der Waals surface area contributed by atoms with E-state index in [1.165, 1.54) is 23.2 Å². The molecule has 0 spiro atoms. The number of thiazole rings is 1. The number of hydrogen-bond acceptors (Lipinski definition) is 12. The number of carbonyl (C=O) groups is 4. The zero-order valence-corrected chi connectivity index (χ0v) is 26.2. The molecule has 1 aromatic carbocycles. The third-order valence-electron chi connectivity index (χ3n) is 7.46. The second kappa shape index (κ2) is 13.1. The third-order valence-corrected chi connectivity index (χ3v) is 9.45. The second-order valence-electron chi connectivity index (χ2n) is 10.5. The number of nitrogens with zero attached hydrogens (tertiary/aromatic N) is 5. The van der Waals surface area contributed by atoms with Crippen LogP contribution in [0.5, 0.6) is 11.5 Å². The first-order valence-corrected chi connectivity index (χ1v) is 16.0. The normalized spacial score (nSPS) is 18.2. The summed E-state index contributed by atoms with van der Waals surface area (Å²) < 4.78 is 3.89. The predicted octanol–water partition coefficient (Wildman–Crippen LogP) is 1.46. The monoisotopic (exact) mass is 692 g/mol. The van der Waals surface area contributed by atoms with Crippen molar-refractivity contribution in [1.29, 1.82) is 0 Å². The van der Waals surface area contributed by atoms with Gasteiger partial charge in [0.1, 0.15) is 47.3 Å². The SMILES string of the molecule is Nc1nc(C(ON=CC(=O)NC2C(=O)N3C(C(=O)O)=C(/C=C/C[n+]4cc5ccccn5c4)CSC23)c2ccc(O)c(O)c2C(=O)O)cs1. The number of pyridine rings is 1. The van der Waals surface area contributed by atoms with Crippen LogP contribution in [0.1, 0.15) is 27.7 Å². The Labute approximate surface area is 278 Å². The largest absolute Gasteiger partial charge is 0.504 e. The van der Waals surface area contributed by atoms with Crippen LogP contribution in [0.2, 0.25) is 0 Å². The molecule has 18 heteroatoms. The molecule has 0 aliphatic carbocycles. The molecular formula is C30H26N7O9S2+. The lowest BCUT2D eigenvalue weighted by Gasteiger charge is -2.49. The van der Waals surface area contributed by atoms with E-state index in [9.17, 15) is 39.6 Å². The van der Waals surface area contributed by atoms with Crippen molar-refractivity contribution >= 4 is 63.7 Å². The van der Waals surface area contributed by atoms with Crippen LogP contribution in [-0.4, -0.2) is 81.8 Å². The zero-order chi connectivity index (χ0) is 34.1. The van der Waals surface area contributed by atoms with Crippen LogP contribution in [0.25, 0.3) is 5.52 Å². The van der Waals surface area contributed by atoms with E-state index >= 15 is 0 Å². The van der Waals surface area contributed by atoms with Crippen LogP contribution in [0, 0.1) is 0 Å². The number of fused-ring (bicyclic) bond motifs is 2. The number of carboxylic acids is 2. The number of phenols is 2. The molecule has 5 heterocycles. The van der Waals surface area contributed by atoms with E-state index in [1.54, 1.807) is 6.08 Å². The lowest BCUT2D eigenvalue weighted by molar-refractivity contribution is -0.685. The number of aromatic hydroxyl groups is 2. The van der Waals surface area contributed by atoms with E-state index in [-0.39, 0.29) is 27.8 Å². The van der Waals surface area contributed by atoms with Crippen LogP contribution < -0.4 is 15.6 Å². The number of β-lactam (4-membered cyclic amide) rings is 1. The van der Waals surface area contributed by atoms with Crippen molar-refractivity contribution in [2.45, 2.75) is 24.1 Å². The van der Waals surface area contributed by atoms with E-state index < -0.39 is 58.3 Å². The number of nitrogen functional groups attached to an aromatic ring is 1. The van der Waals surface area contributed by atoms with Crippen molar-refractivity contribution in [3.8, 4) is 11.5 Å². The van der Waals surface area contributed by atoms with E-state index in [0.29, 0.717) is 12.1 Å². The number of aliphatic carboxylic acids is 1. The second-order valence-corrected chi connectivity index (χ2v) is 12.5. The summed E-state index contributed by atoms with van der Waals surface area (Å²) in [5.74, 6) is -5.61. The van der Waals surface area contributed by atoms with Crippen LogP contribution in [0.3, 0.4) is 0 Å². The number of anilines is 1. The highest BCUT2D eigenvalue weighted by Gasteiger charge is 2.53. The highest BCUT2D eigenvalue weighted by atomic mass is 32.2. The number of aromatic carboxylic acids is 1. The van der Waals surface area contributed by atoms with Gasteiger partial charge < -0.3 is 36.3 Å². The lowest BCUT2D eigenvalue weighted by atomic mass is 9.99. The number of rotatable bonds is 11. The lowest BCUT2D eigenvalue weighted by Crippen LogP contribution is -2.70. The molecule has 16 nitrogen and oxygen atoms in total. The van der Waals surface area contributed by atoms with Gasteiger partial charge in [-0.25, -0.2) is 23.5 Å². The highest BCUT2D eigenvalue weighted by Crippen LogP contribution is 2.41. The summed E-state index contributed by atoms with van der Waals surface area (Å²) in [7, 11) is 0. The number of nitrogens with two attached hydrogens (primary N) is 1. The molecule has 0 radical (unpaired) electrons. The Morgan fingerprint density at radius 1 is 1.21 bits per heavy atom. The van der Waals surface area contributed by atoms with Gasteiger partial charge >= 0.3 is 11.9 Å².